The Morgan fingerprint density at radius 2 is 2.26 bits per heavy atom. The molecule has 0 aliphatic rings. The number of nitro benzene ring substituents is 1. The number of nitro groups is 1. The van der Waals surface area contributed by atoms with Crippen LogP contribution in [0.25, 0.3) is 11.3 Å². The maximum Gasteiger partial charge on any atom is 0.272 e. The monoisotopic (exact) mass is 280 g/mol. The van der Waals surface area contributed by atoms with Crippen LogP contribution in [-0.2, 0) is 6.42 Å². The predicted octanol–water partition coefficient (Wildman–Crippen LogP) is 3.73. The zero-order chi connectivity index (χ0) is 13.8. The summed E-state index contributed by atoms with van der Waals surface area (Å²) in [6.45, 7) is 1.70. The largest absolute Gasteiger partial charge is 0.441 e. The van der Waals surface area contributed by atoms with Crippen LogP contribution in [0.4, 0.5) is 5.69 Å². The number of aryl methyl sites for hydroxylation is 2. The normalized spacial score (nSPS) is 10.6. The van der Waals surface area contributed by atoms with Crippen molar-refractivity contribution in [3.63, 3.8) is 0 Å². The van der Waals surface area contributed by atoms with E-state index in [0.717, 1.165) is 12.0 Å². The summed E-state index contributed by atoms with van der Waals surface area (Å²) in [5.74, 6) is 1.81. The van der Waals surface area contributed by atoms with Crippen molar-refractivity contribution in [3.8, 4) is 11.3 Å². The number of aromatic nitrogens is 1. The molecular formula is C13H13ClN2O3. The Balaban J connectivity index is 2.24. The molecule has 100 valence electrons. The van der Waals surface area contributed by atoms with Crippen LogP contribution in [0.3, 0.4) is 0 Å². The molecule has 0 spiro atoms. The smallest absolute Gasteiger partial charge is 0.272 e. The molecule has 1 heterocycles. The first kappa shape index (κ1) is 13.5. The van der Waals surface area contributed by atoms with Crippen LogP contribution in [0.5, 0.6) is 0 Å². The maximum atomic E-state index is 10.7. The molecule has 0 unspecified atom stereocenters. The molecule has 0 atom stereocenters. The van der Waals surface area contributed by atoms with Crippen molar-refractivity contribution in [1.29, 1.82) is 0 Å². The highest BCUT2D eigenvalue weighted by Crippen LogP contribution is 2.26. The van der Waals surface area contributed by atoms with Crippen molar-refractivity contribution in [3.05, 3.63) is 46.0 Å². The van der Waals surface area contributed by atoms with Crippen molar-refractivity contribution in [1.82, 2.24) is 4.98 Å². The molecule has 0 N–H and O–H groups in total. The van der Waals surface area contributed by atoms with E-state index < -0.39 is 4.92 Å². The van der Waals surface area contributed by atoms with Crippen LogP contribution in [0, 0.1) is 17.0 Å². The third-order valence-electron chi connectivity index (χ3n) is 2.76. The first-order valence-electron chi connectivity index (χ1n) is 5.88. The average Bonchev–Trinajstić information content (AvgIpc) is 2.84. The van der Waals surface area contributed by atoms with Crippen molar-refractivity contribution >= 4 is 17.3 Å². The van der Waals surface area contributed by atoms with E-state index in [9.17, 15) is 10.1 Å². The third kappa shape index (κ3) is 3.12. The average molecular weight is 281 g/mol. The molecule has 0 amide bonds. The molecule has 1 aromatic heterocycles. The van der Waals surface area contributed by atoms with Gasteiger partial charge in [-0.25, -0.2) is 4.98 Å². The van der Waals surface area contributed by atoms with Gasteiger partial charge in [-0.15, -0.1) is 11.6 Å². The van der Waals surface area contributed by atoms with E-state index >= 15 is 0 Å². The first-order valence-corrected chi connectivity index (χ1v) is 6.41. The fourth-order valence-electron chi connectivity index (χ4n) is 1.79. The summed E-state index contributed by atoms with van der Waals surface area (Å²) >= 11 is 5.61. The van der Waals surface area contributed by atoms with Gasteiger partial charge in [-0.05, 0) is 25.5 Å². The van der Waals surface area contributed by atoms with Gasteiger partial charge < -0.3 is 4.42 Å². The fraction of sp³-hybridized carbons (Fsp3) is 0.308. The molecule has 0 bridgehead atoms. The van der Waals surface area contributed by atoms with Crippen LogP contribution < -0.4 is 0 Å². The summed E-state index contributed by atoms with van der Waals surface area (Å²) in [6, 6.07) is 4.87. The topological polar surface area (TPSA) is 69.2 Å². The second-order valence-electron chi connectivity index (χ2n) is 4.17. The summed E-state index contributed by atoms with van der Waals surface area (Å²) < 4.78 is 5.59. The Kier molecular flexibility index (Phi) is 4.16. The van der Waals surface area contributed by atoms with Gasteiger partial charge in [0.25, 0.3) is 5.69 Å². The lowest BCUT2D eigenvalue weighted by Crippen LogP contribution is -1.91. The van der Waals surface area contributed by atoms with Crippen LogP contribution in [0.1, 0.15) is 17.9 Å². The Labute approximate surface area is 115 Å². The molecular weight excluding hydrogens is 268 g/mol. The van der Waals surface area contributed by atoms with Crippen molar-refractivity contribution in [2.24, 2.45) is 0 Å². The second-order valence-corrected chi connectivity index (χ2v) is 4.55. The van der Waals surface area contributed by atoms with E-state index in [1.165, 1.54) is 6.07 Å². The van der Waals surface area contributed by atoms with E-state index in [4.69, 9.17) is 16.0 Å². The first-order chi connectivity index (χ1) is 9.11. The van der Waals surface area contributed by atoms with Gasteiger partial charge in [0.15, 0.2) is 11.7 Å². The van der Waals surface area contributed by atoms with Gasteiger partial charge in [-0.3, -0.25) is 10.1 Å². The second kappa shape index (κ2) is 5.84. The lowest BCUT2D eigenvalue weighted by molar-refractivity contribution is -0.385. The Morgan fingerprint density at radius 1 is 1.47 bits per heavy atom. The molecule has 6 heteroatoms. The molecule has 0 aliphatic heterocycles. The molecule has 19 heavy (non-hydrogen) atoms. The molecule has 0 saturated carbocycles. The highest BCUT2D eigenvalue weighted by molar-refractivity contribution is 6.17. The number of benzene rings is 1. The van der Waals surface area contributed by atoms with Gasteiger partial charge in [-0.2, -0.15) is 0 Å². The number of alkyl halides is 1. The molecule has 2 rings (SSSR count). The fourth-order valence-corrected chi connectivity index (χ4v) is 1.92. The quantitative estimate of drug-likeness (QED) is 0.475. The summed E-state index contributed by atoms with van der Waals surface area (Å²) in [5.41, 5.74) is 1.49. The molecule has 2 aromatic rings. The van der Waals surface area contributed by atoms with Crippen molar-refractivity contribution in [2.45, 2.75) is 19.8 Å². The Bertz CT molecular complexity index is 595. The molecule has 1 aromatic carbocycles. The zero-order valence-corrected chi connectivity index (χ0v) is 11.2. The van der Waals surface area contributed by atoms with Crippen LogP contribution in [-0.4, -0.2) is 15.8 Å². The lowest BCUT2D eigenvalue weighted by Gasteiger charge is -2.00. The Hall–Kier alpha value is -1.88. The van der Waals surface area contributed by atoms with Crippen LogP contribution in [0.15, 0.2) is 28.8 Å². The minimum absolute atomic E-state index is 0.102. The van der Waals surface area contributed by atoms with E-state index in [2.05, 4.69) is 4.98 Å². The van der Waals surface area contributed by atoms with Gasteiger partial charge in [-0.1, -0.05) is 0 Å². The summed E-state index contributed by atoms with van der Waals surface area (Å²) in [7, 11) is 0. The maximum absolute atomic E-state index is 10.7. The molecule has 0 saturated heterocycles. The van der Waals surface area contributed by atoms with Gasteiger partial charge in [0.2, 0.25) is 0 Å². The Morgan fingerprint density at radius 3 is 2.89 bits per heavy atom. The molecule has 0 aliphatic carbocycles. The molecule has 5 nitrogen and oxygen atoms in total. The SMILES string of the molecule is Cc1cc(-c2cnc(CCCCl)o2)ccc1[N+](=O)[O-]. The van der Waals surface area contributed by atoms with Crippen molar-refractivity contribution in [2.75, 3.05) is 5.88 Å². The van der Waals surface area contributed by atoms with Crippen molar-refractivity contribution < 1.29 is 9.34 Å². The van der Waals surface area contributed by atoms with Gasteiger partial charge in [0.05, 0.1) is 11.1 Å². The number of rotatable bonds is 5. The number of oxazole rings is 1. The van der Waals surface area contributed by atoms with Gasteiger partial charge >= 0.3 is 0 Å². The van der Waals surface area contributed by atoms with Gasteiger partial charge in [0, 0.05) is 29.5 Å². The zero-order valence-electron chi connectivity index (χ0n) is 10.4. The van der Waals surface area contributed by atoms with Crippen LogP contribution in [0.2, 0.25) is 0 Å². The van der Waals surface area contributed by atoms with Crippen LogP contribution >= 0.6 is 11.6 Å². The summed E-state index contributed by atoms with van der Waals surface area (Å²) in [5, 5.41) is 10.7. The minimum atomic E-state index is -0.397. The highest BCUT2D eigenvalue weighted by atomic mass is 35.5. The number of nitrogens with zero attached hydrogens (tertiary/aromatic N) is 2. The predicted molar refractivity (Wildman–Crippen MR) is 72.4 cm³/mol. The standard InChI is InChI=1S/C13H13ClN2O3/c1-9-7-10(4-5-11(9)16(17)18)12-8-15-13(19-12)3-2-6-14/h4-5,7-8H,2-3,6H2,1H3. The van der Waals surface area contributed by atoms with Gasteiger partial charge in [0.1, 0.15) is 0 Å². The third-order valence-corrected chi connectivity index (χ3v) is 3.02. The highest BCUT2D eigenvalue weighted by Gasteiger charge is 2.13. The number of hydrogen-bond acceptors (Lipinski definition) is 4. The minimum Gasteiger partial charge on any atom is -0.441 e. The summed E-state index contributed by atoms with van der Waals surface area (Å²) in [4.78, 5) is 14.5. The number of hydrogen-bond donors (Lipinski definition) is 0. The van der Waals surface area contributed by atoms with E-state index in [0.29, 0.717) is 29.5 Å². The van der Waals surface area contributed by atoms with E-state index in [-0.39, 0.29) is 5.69 Å². The molecule has 0 fully saturated rings. The van der Waals surface area contributed by atoms with E-state index in [1.807, 2.05) is 0 Å². The van der Waals surface area contributed by atoms with E-state index in [1.54, 1.807) is 25.3 Å². The number of halogens is 1. The summed E-state index contributed by atoms with van der Waals surface area (Å²) in [6.07, 6.45) is 3.13. The molecule has 0 radical (unpaired) electrons. The lowest BCUT2D eigenvalue weighted by atomic mass is 10.1.